The van der Waals surface area contributed by atoms with E-state index in [4.69, 9.17) is 4.74 Å². The van der Waals surface area contributed by atoms with Crippen LogP contribution in [0.15, 0.2) is 0 Å². The SMILES string of the molecule is C[C@@H]1CCCCC1OCCCCCCN1C[C@H](O)[C@@H](O)[C@H](O)[C@H]1CO. The molecule has 25 heavy (non-hydrogen) atoms. The highest BCUT2D eigenvalue weighted by Gasteiger charge is 2.40. The third-order valence-corrected chi connectivity index (χ3v) is 5.92. The van der Waals surface area contributed by atoms with Gasteiger partial charge in [-0.3, -0.25) is 4.90 Å². The molecule has 2 rings (SSSR count). The van der Waals surface area contributed by atoms with Crippen LogP contribution in [0, 0.1) is 5.92 Å². The van der Waals surface area contributed by atoms with E-state index < -0.39 is 24.4 Å². The minimum Gasteiger partial charge on any atom is -0.395 e. The second-order valence-electron chi connectivity index (χ2n) is 7.88. The first-order chi connectivity index (χ1) is 12.0. The fraction of sp³-hybridized carbons (Fsp3) is 1.00. The van der Waals surface area contributed by atoms with Crippen LogP contribution in [0.4, 0.5) is 0 Å². The summed E-state index contributed by atoms with van der Waals surface area (Å²) < 4.78 is 6.03. The van der Waals surface area contributed by atoms with E-state index in [9.17, 15) is 20.4 Å². The number of ether oxygens (including phenoxy) is 1. The smallest absolute Gasteiger partial charge is 0.109 e. The molecular weight excluding hydrogens is 322 g/mol. The van der Waals surface area contributed by atoms with Gasteiger partial charge in [-0.15, -0.1) is 0 Å². The van der Waals surface area contributed by atoms with Crippen LogP contribution in [-0.4, -0.2) is 82.1 Å². The maximum Gasteiger partial charge on any atom is 0.109 e. The summed E-state index contributed by atoms with van der Waals surface area (Å²) in [5, 5.41) is 38.9. The highest BCUT2D eigenvalue weighted by atomic mass is 16.5. The van der Waals surface area contributed by atoms with Crippen molar-refractivity contribution in [3.05, 3.63) is 0 Å². The van der Waals surface area contributed by atoms with Crippen molar-refractivity contribution in [3.8, 4) is 0 Å². The number of aliphatic hydroxyl groups excluding tert-OH is 4. The molecule has 1 aliphatic carbocycles. The van der Waals surface area contributed by atoms with E-state index >= 15 is 0 Å². The van der Waals surface area contributed by atoms with E-state index in [1.165, 1.54) is 25.7 Å². The third-order valence-electron chi connectivity index (χ3n) is 5.92. The van der Waals surface area contributed by atoms with Gasteiger partial charge in [0.05, 0.1) is 24.9 Å². The number of nitrogens with zero attached hydrogens (tertiary/aromatic N) is 1. The molecule has 4 N–H and O–H groups in total. The standard InChI is InChI=1S/C19H37NO5/c1-14-8-4-5-9-17(14)25-11-7-3-2-6-10-20-12-16(22)19(24)18(23)15(20)13-21/h14-19,21-24H,2-13H2,1H3/t14-,15-,16+,17?,18-,19-/m1/s1. The molecule has 1 saturated heterocycles. The molecule has 1 aliphatic heterocycles. The number of hydrogen-bond acceptors (Lipinski definition) is 6. The van der Waals surface area contributed by atoms with Gasteiger partial charge in [-0.05, 0) is 38.1 Å². The number of β-amino-alcohol motifs (C(OH)–C–C–N with tert-alkyl or cyclic N) is 1. The van der Waals surface area contributed by atoms with Gasteiger partial charge in [0.25, 0.3) is 0 Å². The van der Waals surface area contributed by atoms with Gasteiger partial charge in [0.1, 0.15) is 12.2 Å². The fourth-order valence-electron chi connectivity index (χ4n) is 4.17. The Morgan fingerprint density at radius 2 is 1.68 bits per heavy atom. The third kappa shape index (κ3) is 6.15. The number of rotatable bonds is 9. The molecule has 0 radical (unpaired) electrons. The van der Waals surface area contributed by atoms with Crippen molar-refractivity contribution in [2.45, 2.75) is 88.7 Å². The molecule has 1 heterocycles. The lowest BCUT2D eigenvalue weighted by Gasteiger charge is -2.43. The van der Waals surface area contributed by atoms with E-state index in [0.29, 0.717) is 25.1 Å². The molecule has 0 aromatic rings. The normalized spacial score (nSPS) is 37.3. The zero-order valence-electron chi connectivity index (χ0n) is 15.6. The summed E-state index contributed by atoms with van der Waals surface area (Å²) in [4.78, 5) is 1.89. The number of hydrogen-bond donors (Lipinski definition) is 4. The predicted octanol–water partition coefficient (Wildman–Crippen LogP) is 0.901. The Hall–Kier alpha value is -0.240. The van der Waals surface area contributed by atoms with Crippen molar-refractivity contribution < 1.29 is 25.2 Å². The average molecular weight is 360 g/mol. The van der Waals surface area contributed by atoms with Crippen LogP contribution in [0.2, 0.25) is 0 Å². The molecule has 6 heteroatoms. The maximum atomic E-state index is 9.97. The molecule has 0 bridgehead atoms. The highest BCUT2D eigenvalue weighted by molar-refractivity contribution is 4.93. The van der Waals surface area contributed by atoms with Crippen molar-refractivity contribution in [3.63, 3.8) is 0 Å². The van der Waals surface area contributed by atoms with Crippen molar-refractivity contribution in [2.75, 3.05) is 26.3 Å². The monoisotopic (exact) mass is 359 g/mol. The second-order valence-corrected chi connectivity index (χ2v) is 7.88. The second kappa shape index (κ2) is 10.8. The number of unbranched alkanes of at least 4 members (excludes halogenated alkanes) is 3. The van der Waals surface area contributed by atoms with Crippen LogP contribution in [0.5, 0.6) is 0 Å². The van der Waals surface area contributed by atoms with Gasteiger partial charge in [-0.2, -0.15) is 0 Å². The highest BCUT2D eigenvalue weighted by Crippen LogP contribution is 2.26. The molecule has 0 amide bonds. The van der Waals surface area contributed by atoms with E-state index in [1.54, 1.807) is 0 Å². The summed E-state index contributed by atoms with van der Waals surface area (Å²) in [6, 6.07) is -0.491. The molecular formula is C19H37NO5. The number of aliphatic hydroxyl groups is 4. The Balaban J connectivity index is 1.56. The quantitative estimate of drug-likeness (QED) is 0.457. The molecule has 1 unspecified atom stereocenters. The summed E-state index contributed by atoms with van der Waals surface area (Å²) in [5.41, 5.74) is 0. The minimum atomic E-state index is -1.17. The van der Waals surface area contributed by atoms with Gasteiger partial charge in [-0.1, -0.05) is 32.6 Å². The average Bonchev–Trinajstić information content (AvgIpc) is 2.60. The fourth-order valence-corrected chi connectivity index (χ4v) is 4.17. The number of piperidine rings is 1. The van der Waals surface area contributed by atoms with E-state index in [0.717, 1.165) is 32.3 Å². The van der Waals surface area contributed by atoms with E-state index in [-0.39, 0.29) is 6.61 Å². The molecule has 2 aliphatic rings. The van der Waals surface area contributed by atoms with Crippen molar-refractivity contribution in [1.82, 2.24) is 4.90 Å². The lowest BCUT2D eigenvalue weighted by molar-refractivity contribution is -0.145. The summed E-state index contributed by atoms with van der Waals surface area (Å²) >= 11 is 0. The van der Waals surface area contributed by atoms with Gasteiger partial charge in [0, 0.05) is 13.2 Å². The molecule has 6 nitrogen and oxygen atoms in total. The Morgan fingerprint density at radius 1 is 0.960 bits per heavy atom. The van der Waals surface area contributed by atoms with Crippen LogP contribution in [0.1, 0.15) is 58.3 Å². The van der Waals surface area contributed by atoms with Crippen LogP contribution >= 0.6 is 0 Å². The Kier molecular flexibility index (Phi) is 9.10. The summed E-state index contributed by atoms with van der Waals surface area (Å²) in [6.07, 6.45) is 6.53. The van der Waals surface area contributed by atoms with Crippen LogP contribution in [0.3, 0.4) is 0 Å². The van der Waals surface area contributed by atoms with Crippen molar-refractivity contribution in [2.24, 2.45) is 5.92 Å². The molecule has 0 spiro atoms. The van der Waals surface area contributed by atoms with Gasteiger partial charge in [-0.25, -0.2) is 0 Å². The van der Waals surface area contributed by atoms with Gasteiger partial charge < -0.3 is 25.2 Å². The van der Waals surface area contributed by atoms with Gasteiger partial charge in [0.15, 0.2) is 0 Å². The first-order valence-electron chi connectivity index (χ1n) is 10.0. The minimum absolute atomic E-state index is 0.210. The van der Waals surface area contributed by atoms with Gasteiger partial charge >= 0.3 is 0 Å². The first kappa shape index (κ1) is 21.1. The molecule has 6 atom stereocenters. The molecule has 2 fully saturated rings. The largest absolute Gasteiger partial charge is 0.395 e. The Bertz CT molecular complexity index is 370. The Morgan fingerprint density at radius 3 is 2.40 bits per heavy atom. The maximum absolute atomic E-state index is 9.97. The lowest BCUT2D eigenvalue weighted by atomic mass is 9.88. The topological polar surface area (TPSA) is 93.4 Å². The number of likely N-dealkylation sites (tertiary alicyclic amines) is 1. The summed E-state index contributed by atoms with van der Waals surface area (Å²) in [5.74, 6) is 0.691. The van der Waals surface area contributed by atoms with Crippen molar-refractivity contribution >= 4 is 0 Å². The first-order valence-corrected chi connectivity index (χ1v) is 10.0. The van der Waals surface area contributed by atoms with Crippen LogP contribution < -0.4 is 0 Å². The van der Waals surface area contributed by atoms with E-state index in [1.807, 2.05) is 4.90 Å². The van der Waals surface area contributed by atoms with Gasteiger partial charge in [0.2, 0.25) is 0 Å². The molecule has 0 aromatic heterocycles. The predicted molar refractivity (Wildman–Crippen MR) is 96.3 cm³/mol. The Labute approximate surface area is 151 Å². The molecule has 0 aromatic carbocycles. The van der Waals surface area contributed by atoms with Crippen LogP contribution in [-0.2, 0) is 4.74 Å². The van der Waals surface area contributed by atoms with Crippen molar-refractivity contribution in [1.29, 1.82) is 0 Å². The zero-order chi connectivity index (χ0) is 18.2. The molecule has 148 valence electrons. The van der Waals surface area contributed by atoms with Crippen LogP contribution in [0.25, 0.3) is 0 Å². The summed E-state index contributed by atoms with van der Waals surface area (Å²) in [6.45, 7) is 3.93. The zero-order valence-corrected chi connectivity index (χ0v) is 15.6. The lowest BCUT2D eigenvalue weighted by Crippen LogP contribution is -2.62. The van der Waals surface area contributed by atoms with E-state index in [2.05, 4.69) is 6.92 Å². The summed E-state index contributed by atoms with van der Waals surface area (Å²) in [7, 11) is 0. The molecule has 1 saturated carbocycles.